The minimum absolute atomic E-state index is 0.686. The molecule has 0 amide bonds. The molecule has 6 aromatic carbocycles. The molecule has 0 atom stereocenters. The molecular formula is C42H26BrClN2O. The van der Waals surface area contributed by atoms with Gasteiger partial charge in [-0.05, 0) is 83.4 Å². The molecule has 3 nitrogen and oxygen atoms in total. The van der Waals surface area contributed by atoms with Gasteiger partial charge in [-0.25, -0.2) is 9.97 Å². The first-order valence-electron chi connectivity index (χ1n) is 15.3. The summed E-state index contributed by atoms with van der Waals surface area (Å²) in [7, 11) is 0. The maximum atomic E-state index is 6.85. The quantitative estimate of drug-likeness (QED) is 0.174. The lowest BCUT2D eigenvalue weighted by Gasteiger charge is -2.19. The fourth-order valence-electron chi connectivity index (χ4n) is 6.03. The smallest absolute Gasteiger partial charge is 0.162 e. The number of nitrogens with zero attached hydrogens (tertiary/aromatic N) is 2. The number of aromatic nitrogens is 2. The van der Waals surface area contributed by atoms with Gasteiger partial charge in [-0.3, -0.25) is 0 Å². The summed E-state index contributed by atoms with van der Waals surface area (Å²) in [4.78, 5) is 10.2. The summed E-state index contributed by atoms with van der Waals surface area (Å²) in [5, 5.41) is 2.73. The standard InChI is InChI=1S/C42H26BrClN2O/c43-31-15-9-14-30(24-31)41-42(40(29-12-5-2-6-13-29)34-16-7-8-17-37(34)46-41)47-33-21-18-28(19-22-33)39-26-35(27-10-3-1-4-11-27)36-25-32(44)20-23-38(36)45-39/h1-26H. The largest absolute Gasteiger partial charge is 0.454 e. The Morgan fingerprint density at radius 1 is 0.511 bits per heavy atom. The minimum atomic E-state index is 0.686. The Morgan fingerprint density at radius 3 is 1.96 bits per heavy atom. The van der Waals surface area contributed by atoms with Crippen molar-refractivity contribution in [2.75, 3.05) is 0 Å². The Hall–Kier alpha value is -5.29. The predicted molar refractivity (Wildman–Crippen MR) is 198 cm³/mol. The number of halogens is 2. The van der Waals surface area contributed by atoms with E-state index in [4.69, 9.17) is 26.3 Å². The van der Waals surface area contributed by atoms with E-state index in [1.54, 1.807) is 0 Å². The molecule has 8 aromatic rings. The van der Waals surface area contributed by atoms with Crippen LogP contribution in [0.5, 0.6) is 11.5 Å². The molecule has 0 saturated carbocycles. The van der Waals surface area contributed by atoms with Crippen molar-refractivity contribution < 1.29 is 4.74 Å². The van der Waals surface area contributed by atoms with Crippen LogP contribution in [-0.2, 0) is 0 Å². The molecule has 5 heteroatoms. The van der Waals surface area contributed by atoms with Gasteiger partial charge in [-0.1, -0.05) is 119 Å². The Bertz CT molecular complexity index is 2390. The Kier molecular flexibility index (Phi) is 7.74. The second-order valence-electron chi connectivity index (χ2n) is 11.3. The third-order valence-corrected chi connectivity index (χ3v) is 8.96. The number of hydrogen-bond donors (Lipinski definition) is 0. The number of para-hydroxylation sites is 1. The number of benzene rings is 6. The van der Waals surface area contributed by atoms with Crippen LogP contribution in [0.4, 0.5) is 0 Å². The first-order chi connectivity index (χ1) is 23.1. The van der Waals surface area contributed by atoms with Crippen LogP contribution in [0.15, 0.2) is 162 Å². The number of ether oxygens (including phenoxy) is 1. The number of hydrogen-bond acceptors (Lipinski definition) is 3. The van der Waals surface area contributed by atoms with E-state index in [1.165, 1.54) is 0 Å². The van der Waals surface area contributed by atoms with E-state index >= 15 is 0 Å². The van der Waals surface area contributed by atoms with Crippen molar-refractivity contribution in [2.24, 2.45) is 0 Å². The molecule has 0 saturated heterocycles. The van der Waals surface area contributed by atoms with Crippen LogP contribution >= 0.6 is 27.5 Å². The van der Waals surface area contributed by atoms with E-state index < -0.39 is 0 Å². The third kappa shape index (κ3) is 5.78. The molecule has 0 aliphatic carbocycles. The summed E-state index contributed by atoms with van der Waals surface area (Å²) in [6, 6.07) is 53.2. The Balaban J connectivity index is 1.26. The lowest BCUT2D eigenvalue weighted by Crippen LogP contribution is -1.97. The van der Waals surface area contributed by atoms with Crippen LogP contribution in [0.1, 0.15) is 0 Å². The van der Waals surface area contributed by atoms with E-state index in [2.05, 4.69) is 94.8 Å². The first-order valence-corrected chi connectivity index (χ1v) is 16.5. The summed E-state index contributed by atoms with van der Waals surface area (Å²) >= 11 is 10.1. The summed E-state index contributed by atoms with van der Waals surface area (Å²) in [6.45, 7) is 0. The zero-order valence-electron chi connectivity index (χ0n) is 25.1. The van der Waals surface area contributed by atoms with Gasteiger partial charge >= 0.3 is 0 Å². The molecule has 0 radical (unpaired) electrons. The molecule has 47 heavy (non-hydrogen) atoms. The van der Waals surface area contributed by atoms with Crippen molar-refractivity contribution >= 4 is 49.3 Å². The molecule has 0 fully saturated rings. The fraction of sp³-hybridized carbons (Fsp3) is 0. The van der Waals surface area contributed by atoms with Gasteiger partial charge in [0.1, 0.15) is 11.4 Å². The zero-order chi connectivity index (χ0) is 31.7. The summed E-state index contributed by atoms with van der Waals surface area (Å²) in [6.07, 6.45) is 0. The molecule has 8 rings (SSSR count). The second-order valence-corrected chi connectivity index (χ2v) is 12.6. The monoisotopic (exact) mass is 688 g/mol. The van der Waals surface area contributed by atoms with E-state index in [0.717, 1.165) is 71.0 Å². The lowest BCUT2D eigenvalue weighted by atomic mass is 9.96. The number of pyridine rings is 2. The van der Waals surface area contributed by atoms with E-state index in [9.17, 15) is 0 Å². The topological polar surface area (TPSA) is 35.0 Å². The summed E-state index contributed by atoms with van der Waals surface area (Å²) < 4.78 is 7.83. The molecule has 224 valence electrons. The molecule has 0 unspecified atom stereocenters. The van der Waals surface area contributed by atoms with Gasteiger partial charge < -0.3 is 4.74 Å². The normalized spacial score (nSPS) is 11.2. The van der Waals surface area contributed by atoms with Crippen LogP contribution in [0.2, 0.25) is 5.02 Å². The summed E-state index contributed by atoms with van der Waals surface area (Å²) in [5.74, 6) is 1.41. The van der Waals surface area contributed by atoms with Crippen molar-refractivity contribution in [2.45, 2.75) is 0 Å². The number of rotatable bonds is 6. The average molecular weight is 690 g/mol. The highest BCUT2D eigenvalue weighted by atomic mass is 79.9. The van der Waals surface area contributed by atoms with Gasteiger partial charge in [0.2, 0.25) is 0 Å². The van der Waals surface area contributed by atoms with Crippen LogP contribution in [0.3, 0.4) is 0 Å². The van der Waals surface area contributed by atoms with Crippen molar-refractivity contribution in [1.29, 1.82) is 0 Å². The lowest BCUT2D eigenvalue weighted by molar-refractivity contribution is 0.485. The Labute approximate surface area is 286 Å². The number of fused-ring (bicyclic) bond motifs is 2. The minimum Gasteiger partial charge on any atom is -0.454 e. The highest BCUT2D eigenvalue weighted by molar-refractivity contribution is 9.10. The second kappa shape index (κ2) is 12.5. The van der Waals surface area contributed by atoms with Crippen molar-refractivity contribution in [3.05, 3.63) is 167 Å². The van der Waals surface area contributed by atoms with Crippen LogP contribution < -0.4 is 4.74 Å². The molecule has 0 aliphatic rings. The highest BCUT2D eigenvalue weighted by Crippen LogP contribution is 2.45. The van der Waals surface area contributed by atoms with Gasteiger partial charge in [0, 0.05) is 37.0 Å². The van der Waals surface area contributed by atoms with E-state index in [-0.39, 0.29) is 0 Å². The SMILES string of the molecule is Clc1ccc2nc(-c3ccc(Oc4c(-c5cccc(Br)c5)nc5ccccc5c4-c4ccccc4)cc3)cc(-c3ccccc3)c2c1. The van der Waals surface area contributed by atoms with Gasteiger partial charge in [0.05, 0.1) is 16.7 Å². The maximum absolute atomic E-state index is 6.85. The van der Waals surface area contributed by atoms with Gasteiger partial charge in [0.15, 0.2) is 5.75 Å². The van der Waals surface area contributed by atoms with Crippen LogP contribution in [-0.4, -0.2) is 9.97 Å². The molecular weight excluding hydrogens is 664 g/mol. The molecule has 2 aromatic heterocycles. The molecule has 0 spiro atoms. The highest BCUT2D eigenvalue weighted by Gasteiger charge is 2.21. The Morgan fingerprint density at radius 2 is 1.19 bits per heavy atom. The summed E-state index contributed by atoms with van der Waals surface area (Å²) in [5.41, 5.74) is 9.64. The van der Waals surface area contributed by atoms with Gasteiger partial charge in [0.25, 0.3) is 0 Å². The predicted octanol–water partition coefficient (Wildman–Crippen LogP) is 12.7. The molecule has 2 heterocycles. The molecule has 0 bridgehead atoms. The van der Waals surface area contributed by atoms with Crippen molar-refractivity contribution in [3.63, 3.8) is 0 Å². The first kappa shape index (κ1) is 29.1. The van der Waals surface area contributed by atoms with Gasteiger partial charge in [-0.15, -0.1) is 0 Å². The van der Waals surface area contributed by atoms with Crippen LogP contribution in [0, 0.1) is 0 Å². The third-order valence-electron chi connectivity index (χ3n) is 8.23. The molecule has 0 N–H and O–H groups in total. The molecule has 0 aliphatic heterocycles. The van der Waals surface area contributed by atoms with E-state index in [1.807, 2.05) is 78.9 Å². The average Bonchev–Trinajstić information content (AvgIpc) is 3.12. The zero-order valence-corrected chi connectivity index (χ0v) is 27.4. The van der Waals surface area contributed by atoms with Gasteiger partial charge in [-0.2, -0.15) is 0 Å². The van der Waals surface area contributed by atoms with Crippen molar-refractivity contribution in [3.8, 4) is 56.3 Å². The fourth-order valence-corrected chi connectivity index (χ4v) is 6.60. The maximum Gasteiger partial charge on any atom is 0.162 e. The van der Waals surface area contributed by atoms with E-state index in [0.29, 0.717) is 16.5 Å². The van der Waals surface area contributed by atoms with Crippen LogP contribution in [0.25, 0.3) is 66.6 Å². The van der Waals surface area contributed by atoms with Crippen molar-refractivity contribution in [1.82, 2.24) is 9.97 Å².